The van der Waals surface area contributed by atoms with Gasteiger partial charge in [-0.3, -0.25) is 10.2 Å². The fourth-order valence-electron chi connectivity index (χ4n) is 5.82. The Kier molecular flexibility index (Phi) is 9.34. The average Bonchev–Trinajstić information content (AvgIpc) is 3.86. The lowest BCUT2D eigenvalue weighted by Gasteiger charge is -2.38. The van der Waals surface area contributed by atoms with E-state index in [9.17, 15) is 18.3 Å². The van der Waals surface area contributed by atoms with Crippen molar-refractivity contribution in [3.8, 4) is 11.6 Å². The minimum atomic E-state index is -3.61. The Morgan fingerprint density at radius 3 is 2.23 bits per heavy atom. The predicted molar refractivity (Wildman–Crippen MR) is 166 cm³/mol. The van der Waals surface area contributed by atoms with E-state index in [-0.39, 0.29) is 17.0 Å². The summed E-state index contributed by atoms with van der Waals surface area (Å²) >= 11 is 5.92. The third-order valence-electron chi connectivity index (χ3n) is 8.40. The SMILES string of the molecule is O=C(Nc1ccc(Cl)cn1)N(C1CC1)C1CCN(Cc2ccc(Oc3ccc(S(=O)(=O)N4CCC(O)CC4)cc3)nc2)CC1. The molecule has 6 rings (SSSR count). The molecule has 234 valence electrons. The molecule has 2 saturated heterocycles. The zero-order chi connectivity index (χ0) is 30.7. The lowest BCUT2D eigenvalue weighted by molar-refractivity contribution is 0.113. The van der Waals surface area contributed by atoms with Gasteiger partial charge in [0.25, 0.3) is 0 Å². The summed E-state index contributed by atoms with van der Waals surface area (Å²) in [7, 11) is -3.61. The van der Waals surface area contributed by atoms with Crippen molar-refractivity contribution in [2.24, 2.45) is 0 Å². The molecule has 3 aromatic rings. The van der Waals surface area contributed by atoms with Crippen LogP contribution in [0.15, 0.2) is 65.8 Å². The molecule has 2 aliphatic heterocycles. The van der Waals surface area contributed by atoms with Crippen molar-refractivity contribution in [3.63, 3.8) is 0 Å². The molecule has 3 fully saturated rings. The first-order valence-corrected chi connectivity index (χ1v) is 16.9. The van der Waals surface area contributed by atoms with Gasteiger partial charge in [-0.05, 0) is 80.5 Å². The molecule has 44 heavy (non-hydrogen) atoms. The largest absolute Gasteiger partial charge is 0.439 e. The Balaban J connectivity index is 0.984. The molecular weight excluding hydrogens is 604 g/mol. The second-order valence-corrected chi connectivity index (χ2v) is 14.0. The van der Waals surface area contributed by atoms with Gasteiger partial charge in [-0.15, -0.1) is 0 Å². The molecule has 0 bridgehead atoms. The molecule has 4 heterocycles. The number of anilines is 1. The molecule has 13 heteroatoms. The van der Waals surface area contributed by atoms with Gasteiger partial charge in [-0.1, -0.05) is 17.7 Å². The number of nitrogens with zero attached hydrogens (tertiary/aromatic N) is 5. The van der Waals surface area contributed by atoms with Crippen molar-refractivity contribution in [2.75, 3.05) is 31.5 Å². The smallest absolute Gasteiger partial charge is 0.323 e. The van der Waals surface area contributed by atoms with Crippen LogP contribution in [0.1, 0.15) is 44.1 Å². The number of carbonyl (C=O) groups excluding carboxylic acids is 1. The topological polar surface area (TPSA) is 128 Å². The number of sulfonamides is 1. The van der Waals surface area contributed by atoms with Gasteiger partial charge in [0, 0.05) is 63.3 Å². The number of nitrogens with one attached hydrogen (secondary N) is 1. The number of hydrogen-bond donors (Lipinski definition) is 2. The van der Waals surface area contributed by atoms with E-state index in [1.54, 1.807) is 30.5 Å². The van der Waals surface area contributed by atoms with Crippen molar-refractivity contribution in [1.82, 2.24) is 24.1 Å². The summed E-state index contributed by atoms with van der Waals surface area (Å²) in [5.74, 6) is 1.42. The lowest BCUT2D eigenvalue weighted by Crippen LogP contribution is -2.49. The number of urea groups is 1. The first kappa shape index (κ1) is 30.7. The Bertz CT molecular complexity index is 1520. The van der Waals surface area contributed by atoms with Crippen LogP contribution in [0.4, 0.5) is 10.6 Å². The first-order valence-electron chi connectivity index (χ1n) is 15.1. The average molecular weight is 641 g/mol. The highest BCUT2D eigenvalue weighted by Gasteiger charge is 2.39. The summed E-state index contributed by atoms with van der Waals surface area (Å²) in [4.78, 5) is 26.4. The van der Waals surface area contributed by atoms with Crippen molar-refractivity contribution >= 4 is 33.5 Å². The third-order valence-corrected chi connectivity index (χ3v) is 10.5. The molecule has 0 radical (unpaired) electrons. The molecule has 3 aliphatic rings. The van der Waals surface area contributed by atoms with Crippen LogP contribution >= 0.6 is 11.6 Å². The van der Waals surface area contributed by atoms with Gasteiger partial charge in [-0.25, -0.2) is 23.2 Å². The van der Waals surface area contributed by atoms with Crippen molar-refractivity contribution < 1.29 is 23.1 Å². The van der Waals surface area contributed by atoms with E-state index < -0.39 is 16.1 Å². The van der Waals surface area contributed by atoms with Crippen molar-refractivity contribution in [3.05, 3.63) is 71.5 Å². The van der Waals surface area contributed by atoms with E-state index in [0.29, 0.717) is 54.4 Å². The fourth-order valence-corrected chi connectivity index (χ4v) is 7.40. The maximum absolute atomic E-state index is 13.1. The Morgan fingerprint density at radius 1 is 0.909 bits per heavy atom. The minimum absolute atomic E-state index is 0.0976. The quantitative estimate of drug-likeness (QED) is 0.344. The van der Waals surface area contributed by atoms with Crippen LogP contribution in [0.5, 0.6) is 11.6 Å². The van der Waals surface area contributed by atoms with Crippen LogP contribution < -0.4 is 10.1 Å². The molecule has 2 N–H and O–H groups in total. The molecule has 2 aromatic heterocycles. The zero-order valence-electron chi connectivity index (χ0n) is 24.4. The standard InChI is InChI=1S/C31H37ClN6O5S/c32-23-2-9-29(33-20-23)35-31(40)38(24-3-4-24)25-11-15-36(16-12-25)21-22-1-10-30(34-19-22)43-27-5-7-28(8-6-27)44(41,42)37-17-13-26(39)14-18-37/h1-2,5-10,19-20,24-26,39H,3-4,11-18,21H2,(H,33,35,40). The summed E-state index contributed by atoms with van der Waals surface area (Å²) in [5.41, 5.74) is 1.06. The number of aromatic nitrogens is 2. The van der Waals surface area contributed by atoms with Crippen LogP contribution in [-0.2, 0) is 16.6 Å². The number of halogens is 1. The molecule has 0 unspecified atom stereocenters. The number of ether oxygens (including phenoxy) is 1. The highest BCUT2D eigenvalue weighted by Crippen LogP contribution is 2.33. The van der Waals surface area contributed by atoms with Gasteiger partial charge in [0.2, 0.25) is 15.9 Å². The maximum Gasteiger partial charge on any atom is 0.323 e. The van der Waals surface area contributed by atoms with Gasteiger partial charge in [-0.2, -0.15) is 4.31 Å². The number of carbonyl (C=O) groups is 1. The van der Waals surface area contributed by atoms with E-state index in [1.165, 1.54) is 22.6 Å². The van der Waals surface area contributed by atoms with Crippen LogP contribution in [0.2, 0.25) is 5.02 Å². The minimum Gasteiger partial charge on any atom is -0.439 e. The number of hydrogen-bond acceptors (Lipinski definition) is 8. The van der Waals surface area contributed by atoms with Crippen molar-refractivity contribution in [1.29, 1.82) is 0 Å². The summed E-state index contributed by atoms with van der Waals surface area (Å²) < 4.78 is 33.1. The number of amides is 2. The maximum atomic E-state index is 13.1. The normalized spacial score (nSPS) is 19.0. The van der Waals surface area contributed by atoms with Crippen LogP contribution in [0, 0.1) is 0 Å². The summed E-state index contributed by atoms with van der Waals surface area (Å²) in [6.45, 7) is 3.15. The Morgan fingerprint density at radius 2 is 1.61 bits per heavy atom. The lowest BCUT2D eigenvalue weighted by atomic mass is 10.0. The number of piperidine rings is 2. The number of aliphatic hydroxyl groups excluding tert-OH is 1. The van der Waals surface area contributed by atoms with Gasteiger partial charge >= 0.3 is 6.03 Å². The second-order valence-electron chi connectivity index (χ2n) is 11.7. The number of pyridine rings is 2. The van der Waals surface area contributed by atoms with E-state index in [4.69, 9.17) is 16.3 Å². The Hall–Kier alpha value is -3.29. The van der Waals surface area contributed by atoms with Gasteiger partial charge < -0.3 is 14.7 Å². The fraction of sp³-hybridized carbons (Fsp3) is 0.452. The van der Waals surface area contributed by atoms with Crippen molar-refractivity contribution in [2.45, 2.75) is 68.2 Å². The second kappa shape index (κ2) is 13.4. The summed E-state index contributed by atoms with van der Waals surface area (Å²) in [5, 5.41) is 13.1. The van der Waals surface area contributed by atoms with E-state index >= 15 is 0 Å². The molecule has 0 spiro atoms. The van der Waals surface area contributed by atoms with Crippen LogP contribution in [0.25, 0.3) is 0 Å². The Labute approximate surface area is 262 Å². The van der Waals surface area contributed by atoms with Gasteiger partial charge in [0.1, 0.15) is 11.6 Å². The van der Waals surface area contributed by atoms with Gasteiger partial charge in [0.05, 0.1) is 16.0 Å². The predicted octanol–water partition coefficient (Wildman–Crippen LogP) is 4.73. The number of likely N-dealkylation sites (tertiary alicyclic amines) is 1. The molecule has 0 atom stereocenters. The molecule has 1 saturated carbocycles. The van der Waals surface area contributed by atoms with Crippen LogP contribution in [0.3, 0.4) is 0 Å². The third kappa shape index (κ3) is 7.49. The van der Waals surface area contributed by atoms with Crippen LogP contribution in [-0.4, -0.2) is 88.0 Å². The first-order chi connectivity index (χ1) is 21.2. The summed E-state index contributed by atoms with van der Waals surface area (Å²) in [6.07, 6.45) is 7.66. The van der Waals surface area contributed by atoms with E-state index in [1.807, 2.05) is 17.0 Å². The number of benzene rings is 1. The molecular formula is C31H37ClN6O5S. The monoisotopic (exact) mass is 640 g/mol. The molecule has 11 nitrogen and oxygen atoms in total. The highest BCUT2D eigenvalue weighted by molar-refractivity contribution is 7.89. The molecule has 1 aromatic carbocycles. The summed E-state index contributed by atoms with van der Waals surface area (Å²) in [6, 6.07) is 13.9. The zero-order valence-corrected chi connectivity index (χ0v) is 26.0. The number of rotatable bonds is 9. The highest BCUT2D eigenvalue weighted by atomic mass is 35.5. The van der Waals surface area contributed by atoms with E-state index in [0.717, 1.165) is 50.9 Å². The van der Waals surface area contributed by atoms with E-state index in [2.05, 4.69) is 20.2 Å². The number of aliphatic hydroxyl groups is 1. The molecule has 1 aliphatic carbocycles. The van der Waals surface area contributed by atoms with Gasteiger partial charge in [0.15, 0.2) is 0 Å². The molecule has 2 amide bonds.